The molecule has 94 valence electrons. The first kappa shape index (κ1) is 12.2. The number of hydrogen-bond donors (Lipinski definition) is 2. The van der Waals surface area contributed by atoms with E-state index in [9.17, 15) is 5.11 Å². The molecule has 3 nitrogen and oxygen atoms in total. The quantitative estimate of drug-likeness (QED) is 0.843. The predicted octanol–water partition coefficient (Wildman–Crippen LogP) is 2.80. The molecule has 0 heterocycles. The monoisotopic (exact) mass is 235 g/mol. The maximum Gasteiger partial charge on any atom is 0.119 e. The van der Waals surface area contributed by atoms with Gasteiger partial charge in [-0.3, -0.25) is 0 Å². The van der Waals surface area contributed by atoms with Crippen molar-refractivity contribution in [3.8, 4) is 5.75 Å². The lowest BCUT2D eigenvalue weighted by molar-refractivity contribution is 0.173. The Morgan fingerprint density at radius 3 is 2.35 bits per heavy atom. The first-order valence-electron chi connectivity index (χ1n) is 6.31. The van der Waals surface area contributed by atoms with Gasteiger partial charge in [0.15, 0.2) is 0 Å². The molecule has 0 spiro atoms. The van der Waals surface area contributed by atoms with Crippen LogP contribution in [-0.2, 0) is 0 Å². The molecule has 0 radical (unpaired) electrons. The molecule has 1 aromatic carbocycles. The summed E-state index contributed by atoms with van der Waals surface area (Å²) in [5, 5.41) is 13.1. The van der Waals surface area contributed by atoms with Crippen molar-refractivity contribution in [1.29, 1.82) is 0 Å². The highest BCUT2D eigenvalue weighted by Gasteiger charge is 2.30. The van der Waals surface area contributed by atoms with Gasteiger partial charge in [-0.05, 0) is 37.1 Å². The van der Waals surface area contributed by atoms with Crippen LogP contribution in [0.2, 0.25) is 0 Å². The van der Waals surface area contributed by atoms with E-state index < -0.39 is 0 Å². The number of aliphatic hydroxyl groups is 1. The third kappa shape index (κ3) is 2.91. The van der Waals surface area contributed by atoms with Crippen molar-refractivity contribution < 1.29 is 9.84 Å². The summed E-state index contributed by atoms with van der Waals surface area (Å²) in [6.07, 6.45) is 5.78. The van der Waals surface area contributed by atoms with Crippen LogP contribution >= 0.6 is 0 Å². The second kappa shape index (κ2) is 5.41. The van der Waals surface area contributed by atoms with Crippen LogP contribution in [0.5, 0.6) is 5.75 Å². The fourth-order valence-electron chi connectivity index (χ4n) is 2.53. The van der Waals surface area contributed by atoms with Gasteiger partial charge in [0.1, 0.15) is 5.75 Å². The van der Waals surface area contributed by atoms with E-state index in [0.717, 1.165) is 24.3 Å². The van der Waals surface area contributed by atoms with Gasteiger partial charge >= 0.3 is 0 Å². The number of aliphatic hydroxyl groups excluding tert-OH is 1. The largest absolute Gasteiger partial charge is 0.497 e. The van der Waals surface area contributed by atoms with Gasteiger partial charge in [-0.1, -0.05) is 19.3 Å². The number of rotatable bonds is 4. The van der Waals surface area contributed by atoms with Gasteiger partial charge in [-0.15, -0.1) is 0 Å². The van der Waals surface area contributed by atoms with Crippen LogP contribution in [0.3, 0.4) is 0 Å². The van der Waals surface area contributed by atoms with E-state index >= 15 is 0 Å². The molecule has 0 atom stereocenters. The summed E-state index contributed by atoms with van der Waals surface area (Å²) in [5.41, 5.74) is 0.939. The van der Waals surface area contributed by atoms with Gasteiger partial charge in [-0.2, -0.15) is 0 Å². The van der Waals surface area contributed by atoms with Gasteiger partial charge < -0.3 is 15.2 Å². The number of nitrogens with one attached hydrogen (secondary N) is 1. The van der Waals surface area contributed by atoms with Gasteiger partial charge in [0.2, 0.25) is 0 Å². The van der Waals surface area contributed by atoms with E-state index in [1.807, 2.05) is 24.3 Å². The third-order valence-corrected chi connectivity index (χ3v) is 3.61. The second-order valence-electron chi connectivity index (χ2n) is 4.85. The van der Waals surface area contributed by atoms with Crippen LogP contribution in [0.1, 0.15) is 32.1 Å². The fraction of sp³-hybridized carbons (Fsp3) is 0.571. The SMILES string of the molecule is COc1ccc(NC2(CO)CCCCC2)cc1. The van der Waals surface area contributed by atoms with Gasteiger partial charge in [0.25, 0.3) is 0 Å². The molecule has 2 rings (SSSR count). The van der Waals surface area contributed by atoms with E-state index in [2.05, 4.69) is 5.32 Å². The predicted molar refractivity (Wildman–Crippen MR) is 69.5 cm³/mol. The summed E-state index contributed by atoms with van der Waals surface area (Å²) >= 11 is 0. The highest BCUT2D eigenvalue weighted by molar-refractivity contribution is 5.48. The smallest absolute Gasteiger partial charge is 0.119 e. The molecule has 1 aliphatic rings. The summed E-state index contributed by atoms with van der Waals surface area (Å²) < 4.78 is 5.13. The molecule has 2 N–H and O–H groups in total. The number of methoxy groups -OCH3 is 1. The molecule has 0 bridgehead atoms. The van der Waals surface area contributed by atoms with E-state index in [4.69, 9.17) is 4.74 Å². The normalized spacial score (nSPS) is 18.7. The summed E-state index contributed by atoms with van der Waals surface area (Å²) in [6.45, 7) is 0.207. The molecule has 1 saturated carbocycles. The zero-order valence-corrected chi connectivity index (χ0v) is 10.4. The molecule has 0 unspecified atom stereocenters. The van der Waals surface area contributed by atoms with Crippen molar-refractivity contribution in [2.24, 2.45) is 0 Å². The molecule has 1 fully saturated rings. The zero-order chi connectivity index (χ0) is 12.1. The van der Waals surface area contributed by atoms with Gasteiger partial charge in [0, 0.05) is 5.69 Å². The Hall–Kier alpha value is -1.22. The van der Waals surface area contributed by atoms with E-state index in [1.165, 1.54) is 19.3 Å². The maximum atomic E-state index is 9.62. The highest BCUT2D eigenvalue weighted by Crippen LogP contribution is 2.31. The molecule has 0 aliphatic heterocycles. The first-order chi connectivity index (χ1) is 8.28. The molecule has 0 aromatic heterocycles. The Bertz CT molecular complexity index is 342. The molecule has 17 heavy (non-hydrogen) atoms. The van der Waals surface area contributed by atoms with Crippen molar-refractivity contribution in [3.05, 3.63) is 24.3 Å². The zero-order valence-electron chi connectivity index (χ0n) is 10.4. The van der Waals surface area contributed by atoms with Crippen LogP contribution in [0, 0.1) is 0 Å². The molecule has 0 amide bonds. The third-order valence-electron chi connectivity index (χ3n) is 3.61. The molecule has 3 heteroatoms. The van der Waals surface area contributed by atoms with Crippen molar-refractivity contribution in [2.45, 2.75) is 37.6 Å². The maximum absolute atomic E-state index is 9.62. The highest BCUT2D eigenvalue weighted by atomic mass is 16.5. The molecular weight excluding hydrogens is 214 g/mol. The van der Waals surface area contributed by atoms with E-state index in [0.29, 0.717) is 0 Å². The van der Waals surface area contributed by atoms with Crippen LogP contribution < -0.4 is 10.1 Å². The van der Waals surface area contributed by atoms with Crippen LogP contribution in [0.15, 0.2) is 24.3 Å². The average molecular weight is 235 g/mol. The number of hydrogen-bond acceptors (Lipinski definition) is 3. The van der Waals surface area contributed by atoms with Crippen LogP contribution in [0.4, 0.5) is 5.69 Å². The topological polar surface area (TPSA) is 41.5 Å². The lowest BCUT2D eigenvalue weighted by Crippen LogP contribution is -2.43. The Morgan fingerprint density at radius 1 is 1.18 bits per heavy atom. The molecular formula is C14H21NO2. The molecule has 0 saturated heterocycles. The Balaban J connectivity index is 2.06. The summed E-state index contributed by atoms with van der Waals surface area (Å²) in [7, 11) is 1.67. The second-order valence-corrected chi connectivity index (χ2v) is 4.85. The number of anilines is 1. The van der Waals surface area contributed by atoms with Gasteiger partial charge in [0.05, 0.1) is 19.3 Å². The Kier molecular flexibility index (Phi) is 3.89. The average Bonchev–Trinajstić information content (AvgIpc) is 2.41. The minimum atomic E-state index is -0.118. The van der Waals surface area contributed by atoms with Crippen LogP contribution in [0.25, 0.3) is 0 Å². The number of ether oxygens (including phenoxy) is 1. The van der Waals surface area contributed by atoms with E-state index in [-0.39, 0.29) is 12.1 Å². The lowest BCUT2D eigenvalue weighted by atomic mass is 9.82. The minimum absolute atomic E-state index is 0.118. The first-order valence-corrected chi connectivity index (χ1v) is 6.31. The standard InChI is InChI=1S/C14H21NO2/c1-17-13-7-5-12(6-8-13)15-14(11-16)9-3-2-4-10-14/h5-8,15-16H,2-4,9-11H2,1H3. The Morgan fingerprint density at radius 2 is 1.82 bits per heavy atom. The summed E-state index contributed by atoms with van der Waals surface area (Å²) in [6, 6.07) is 7.89. The summed E-state index contributed by atoms with van der Waals surface area (Å²) in [5.74, 6) is 0.859. The molecule has 1 aromatic rings. The molecule has 1 aliphatic carbocycles. The minimum Gasteiger partial charge on any atom is -0.497 e. The van der Waals surface area contributed by atoms with Crippen molar-refractivity contribution in [1.82, 2.24) is 0 Å². The lowest BCUT2D eigenvalue weighted by Gasteiger charge is -2.37. The van der Waals surface area contributed by atoms with Crippen LogP contribution in [-0.4, -0.2) is 24.4 Å². The Labute approximate surface area is 103 Å². The van der Waals surface area contributed by atoms with Crippen molar-refractivity contribution in [2.75, 3.05) is 19.0 Å². The van der Waals surface area contributed by atoms with E-state index in [1.54, 1.807) is 7.11 Å². The fourth-order valence-corrected chi connectivity index (χ4v) is 2.53. The van der Waals surface area contributed by atoms with Gasteiger partial charge in [-0.25, -0.2) is 0 Å². The number of benzene rings is 1. The van der Waals surface area contributed by atoms with Crippen molar-refractivity contribution in [3.63, 3.8) is 0 Å². The summed E-state index contributed by atoms with van der Waals surface area (Å²) in [4.78, 5) is 0. The van der Waals surface area contributed by atoms with Crippen molar-refractivity contribution >= 4 is 5.69 Å².